The molecule has 0 spiro atoms. The van der Waals surface area contributed by atoms with Crippen LogP contribution in [0.3, 0.4) is 0 Å². The second-order valence-corrected chi connectivity index (χ2v) is 7.81. The second kappa shape index (κ2) is 8.82. The van der Waals surface area contributed by atoms with Crippen LogP contribution in [0.2, 0.25) is 0 Å². The number of hydrogen-bond acceptors (Lipinski definition) is 5. The number of anilines is 1. The van der Waals surface area contributed by atoms with Crippen LogP contribution in [0.4, 0.5) is 5.69 Å². The van der Waals surface area contributed by atoms with Crippen LogP contribution < -0.4 is 15.7 Å². The van der Waals surface area contributed by atoms with E-state index in [4.69, 9.17) is 9.47 Å². The summed E-state index contributed by atoms with van der Waals surface area (Å²) in [7, 11) is 0. The van der Waals surface area contributed by atoms with E-state index in [1.165, 1.54) is 4.68 Å². The van der Waals surface area contributed by atoms with E-state index in [0.29, 0.717) is 24.6 Å². The smallest absolute Gasteiger partial charge is 0.346 e. The summed E-state index contributed by atoms with van der Waals surface area (Å²) in [5.74, 6) is 1.09. The van der Waals surface area contributed by atoms with E-state index in [1.807, 2.05) is 25.1 Å². The van der Waals surface area contributed by atoms with Crippen LogP contribution in [0.15, 0.2) is 23.0 Å². The standard InChI is InChI=1S/C21H28N4O4/c1-15-8-9-17(18(12-15)29-14-16-6-5-11-28-16)22-20(26)13-25-21(27)24-10-4-2-3-7-19(24)23-25/h8-9,12,16H,2-7,10-11,13-14H2,1H3,(H,22,26). The number of amides is 1. The van der Waals surface area contributed by atoms with Crippen LogP contribution in [0.25, 0.3) is 0 Å². The Bertz CT molecular complexity index is 927. The molecule has 156 valence electrons. The van der Waals surface area contributed by atoms with Crippen LogP contribution in [-0.4, -0.2) is 39.6 Å². The second-order valence-electron chi connectivity index (χ2n) is 7.81. The van der Waals surface area contributed by atoms with Gasteiger partial charge in [-0.25, -0.2) is 9.48 Å². The number of aromatic nitrogens is 3. The maximum atomic E-state index is 12.6. The van der Waals surface area contributed by atoms with E-state index in [9.17, 15) is 9.59 Å². The van der Waals surface area contributed by atoms with Crippen molar-refractivity contribution in [3.63, 3.8) is 0 Å². The highest BCUT2D eigenvalue weighted by molar-refractivity contribution is 5.92. The zero-order chi connectivity index (χ0) is 20.2. The van der Waals surface area contributed by atoms with E-state index < -0.39 is 0 Å². The Morgan fingerprint density at radius 1 is 1.31 bits per heavy atom. The van der Waals surface area contributed by atoms with Crippen molar-refractivity contribution in [3.05, 3.63) is 40.1 Å². The minimum absolute atomic E-state index is 0.0959. The fourth-order valence-electron chi connectivity index (χ4n) is 3.86. The van der Waals surface area contributed by atoms with Crippen molar-refractivity contribution in [2.24, 2.45) is 0 Å². The van der Waals surface area contributed by atoms with Crippen LogP contribution >= 0.6 is 0 Å². The Balaban J connectivity index is 1.43. The number of hydrogen-bond donors (Lipinski definition) is 1. The summed E-state index contributed by atoms with van der Waals surface area (Å²) in [5, 5.41) is 7.24. The molecule has 1 N–H and O–H groups in total. The van der Waals surface area contributed by atoms with Gasteiger partial charge in [-0.05, 0) is 50.3 Å². The molecule has 8 heteroatoms. The summed E-state index contributed by atoms with van der Waals surface area (Å²) < 4.78 is 14.5. The fourth-order valence-corrected chi connectivity index (χ4v) is 3.86. The first kappa shape index (κ1) is 19.7. The molecular formula is C21H28N4O4. The highest BCUT2D eigenvalue weighted by Gasteiger charge is 2.19. The van der Waals surface area contributed by atoms with Crippen molar-refractivity contribution < 1.29 is 14.3 Å². The molecule has 2 aliphatic rings. The average Bonchev–Trinajstić information content (AvgIpc) is 3.24. The molecular weight excluding hydrogens is 372 g/mol. The molecule has 0 aliphatic carbocycles. The van der Waals surface area contributed by atoms with E-state index >= 15 is 0 Å². The number of ether oxygens (including phenoxy) is 2. The Morgan fingerprint density at radius 2 is 2.21 bits per heavy atom. The van der Waals surface area contributed by atoms with Crippen molar-refractivity contribution in [2.75, 3.05) is 18.5 Å². The van der Waals surface area contributed by atoms with Gasteiger partial charge in [-0.15, -0.1) is 0 Å². The largest absolute Gasteiger partial charge is 0.489 e. The predicted octanol–water partition coefficient (Wildman–Crippen LogP) is 2.28. The monoisotopic (exact) mass is 400 g/mol. The fraction of sp³-hybridized carbons (Fsp3) is 0.571. The molecule has 0 saturated carbocycles. The topological polar surface area (TPSA) is 87.4 Å². The maximum absolute atomic E-state index is 12.6. The molecule has 1 atom stereocenters. The van der Waals surface area contributed by atoms with Crippen LogP contribution in [0, 0.1) is 6.92 Å². The molecule has 3 heterocycles. The molecule has 29 heavy (non-hydrogen) atoms. The van der Waals surface area contributed by atoms with Crippen molar-refractivity contribution in [1.29, 1.82) is 0 Å². The van der Waals surface area contributed by atoms with Gasteiger partial charge in [0.2, 0.25) is 5.91 Å². The summed E-state index contributed by atoms with van der Waals surface area (Å²) >= 11 is 0. The summed E-state index contributed by atoms with van der Waals surface area (Å²) in [5.41, 5.74) is 1.42. The Hall–Kier alpha value is -2.61. The third-order valence-corrected chi connectivity index (χ3v) is 5.43. The molecule has 0 radical (unpaired) electrons. The zero-order valence-corrected chi connectivity index (χ0v) is 16.9. The molecule has 4 rings (SSSR count). The number of nitrogens with zero attached hydrogens (tertiary/aromatic N) is 3. The lowest BCUT2D eigenvalue weighted by atomic mass is 10.2. The minimum atomic E-state index is -0.300. The van der Waals surface area contributed by atoms with Crippen molar-refractivity contribution >= 4 is 11.6 Å². The number of fused-ring (bicyclic) bond motifs is 1. The lowest BCUT2D eigenvalue weighted by Crippen LogP contribution is -2.30. The number of benzene rings is 1. The molecule has 1 fully saturated rings. The van der Waals surface area contributed by atoms with Gasteiger partial charge in [0, 0.05) is 19.6 Å². The van der Waals surface area contributed by atoms with Gasteiger partial charge in [-0.3, -0.25) is 9.36 Å². The van der Waals surface area contributed by atoms with Crippen molar-refractivity contribution in [3.8, 4) is 5.75 Å². The van der Waals surface area contributed by atoms with Gasteiger partial charge in [0.15, 0.2) is 0 Å². The van der Waals surface area contributed by atoms with E-state index in [2.05, 4.69) is 10.4 Å². The van der Waals surface area contributed by atoms with Gasteiger partial charge in [0.1, 0.15) is 24.7 Å². The van der Waals surface area contributed by atoms with Gasteiger partial charge >= 0.3 is 5.69 Å². The number of nitrogens with one attached hydrogen (secondary N) is 1. The highest BCUT2D eigenvalue weighted by Crippen LogP contribution is 2.27. The van der Waals surface area contributed by atoms with Crippen LogP contribution in [0.5, 0.6) is 5.75 Å². The summed E-state index contributed by atoms with van der Waals surface area (Å²) in [6.07, 6.45) is 6.01. The lowest BCUT2D eigenvalue weighted by molar-refractivity contribution is -0.117. The average molecular weight is 400 g/mol. The maximum Gasteiger partial charge on any atom is 0.346 e. The number of rotatable bonds is 6. The molecule has 2 aromatic rings. The van der Waals surface area contributed by atoms with Gasteiger partial charge in [-0.1, -0.05) is 12.5 Å². The van der Waals surface area contributed by atoms with Crippen molar-refractivity contribution in [1.82, 2.24) is 14.3 Å². The van der Waals surface area contributed by atoms with Crippen LogP contribution in [-0.2, 0) is 29.0 Å². The first-order valence-corrected chi connectivity index (χ1v) is 10.4. The number of aryl methyl sites for hydroxylation is 2. The number of carbonyl (C=O) groups is 1. The first-order chi connectivity index (χ1) is 14.1. The van der Waals surface area contributed by atoms with Crippen LogP contribution in [0.1, 0.15) is 43.5 Å². The Labute approximate surface area is 169 Å². The quantitative estimate of drug-likeness (QED) is 0.804. The summed E-state index contributed by atoms with van der Waals surface area (Å²) in [6.45, 7) is 3.77. The summed E-state index contributed by atoms with van der Waals surface area (Å²) in [6, 6.07) is 5.64. The Morgan fingerprint density at radius 3 is 3.03 bits per heavy atom. The van der Waals surface area contributed by atoms with E-state index in [1.54, 1.807) is 4.57 Å². The molecule has 1 unspecified atom stereocenters. The normalized spacial score (nSPS) is 18.9. The minimum Gasteiger partial charge on any atom is -0.489 e. The molecule has 1 aromatic heterocycles. The zero-order valence-electron chi connectivity index (χ0n) is 16.9. The molecule has 0 bridgehead atoms. The molecule has 2 aliphatic heterocycles. The third kappa shape index (κ3) is 4.70. The highest BCUT2D eigenvalue weighted by atomic mass is 16.5. The van der Waals surface area contributed by atoms with Crippen molar-refractivity contribution in [2.45, 2.75) is 64.6 Å². The summed E-state index contributed by atoms with van der Waals surface area (Å²) in [4.78, 5) is 25.2. The molecule has 8 nitrogen and oxygen atoms in total. The third-order valence-electron chi connectivity index (χ3n) is 5.43. The first-order valence-electron chi connectivity index (χ1n) is 10.4. The van der Waals surface area contributed by atoms with E-state index in [-0.39, 0.29) is 24.2 Å². The van der Waals surface area contributed by atoms with Gasteiger partial charge < -0.3 is 14.8 Å². The number of carbonyl (C=O) groups excluding carboxylic acids is 1. The molecule has 1 saturated heterocycles. The molecule has 1 amide bonds. The Kier molecular flexibility index (Phi) is 5.99. The van der Waals surface area contributed by atoms with Gasteiger partial charge in [0.25, 0.3) is 0 Å². The predicted molar refractivity (Wildman–Crippen MR) is 108 cm³/mol. The lowest BCUT2D eigenvalue weighted by Gasteiger charge is -2.16. The van der Waals surface area contributed by atoms with Gasteiger partial charge in [-0.2, -0.15) is 5.10 Å². The molecule has 1 aromatic carbocycles. The van der Waals surface area contributed by atoms with E-state index in [0.717, 1.165) is 56.5 Å². The SMILES string of the molecule is Cc1ccc(NC(=O)Cn2nc3n(c2=O)CCCCC3)c(OCC2CCCO2)c1. The van der Waals surface area contributed by atoms with Gasteiger partial charge in [0.05, 0.1) is 11.8 Å².